The number of Topliss-reactive ketones (excluding diaryl/α,β-unsaturated/α-hetero) is 1. The standard InChI is InChI=1S/C31H34FNO6S/c1-31(2,29(35)36)39-27-16-10-20(17-26(27)32)9-11-22-18-33(30(37)38-23-7-5-4-6-8-23)19-25(22)28(34)21-12-14-24(40-3)15-13-21/h5,7-8,10,12-17,22,25H,4,6,9,11,18-19H2,1-3H3,(H,35,36). The number of nitrogens with zero attached hydrogens (tertiary/aromatic N) is 1. The summed E-state index contributed by atoms with van der Waals surface area (Å²) in [5, 5.41) is 9.26. The Labute approximate surface area is 238 Å². The van der Waals surface area contributed by atoms with E-state index in [-0.39, 0.29) is 24.0 Å². The van der Waals surface area contributed by atoms with Gasteiger partial charge in [0, 0.05) is 29.5 Å². The molecule has 1 fully saturated rings. The average molecular weight is 568 g/mol. The van der Waals surface area contributed by atoms with Gasteiger partial charge in [-0.15, -0.1) is 11.8 Å². The Bertz CT molecular complexity index is 1320. The van der Waals surface area contributed by atoms with Gasteiger partial charge in [-0.05, 0) is 93.7 Å². The maximum atomic E-state index is 14.8. The average Bonchev–Trinajstić information content (AvgIpc) is 3.38. The second kappa shape index (κ2) is 12.7. The fourth-order valence-electron chi connectivity index (χ4n) is 4.86. The third-order valence-corrected chi connectivity index (χ3v) is 8.00. The van der Waals surface area contributed by atoms with E-state index >= 15 is 0 Å². The molecule has 2 aromatic rings. The van der Waals surface area contributed by atoms with Gasteiger partial charge in [0.05, 0.1) is 0 Å². The number of ketones is 1. The topological polar surface area (TPSA) is 93.1 Å². The van der Waals surface area contributed by atoms with Crippen molar-refractivity contribution < 1.29 is 33.4 Å². The Balaban J connectivity index is 1.48. The van der Waals surface area contributed by atoms with Gasteiger partial charge in [-0.2, -0.15) is 0 Å². The zero-order chi connectivity index (χ0) is 28.9. The van der Waals surface area contributed by atoms with Crippen LogP contribution in [0.4, 0.5) is 9.18 Å². The van der Waals surface area contributed by atoms with Crippen LogP contribution in [0.5, 0.6) is 5.75 Å². The lowest BCUT2D eigenvalue weighted by molar-refractivity contribution is -0.152. The van der Waals surface area contributed by atoms with E-state index in [1.165, 1.54) is 26.0 Å². The molecule has 40 heavy (non-hydrogen) atoms. The van der Waals surface area contributed by atoms with Crippen LogP contribution in [0, 0.1) is 17.7 Å². The van der Waals surface area contributed by atoms with Crippen LogP contribution in [-0.2, 0) is 16.0 Å². The van der Waals surface area contributed by atoms with Crippen LogP contribution in [0.3, 0.4) is 0 Å². The van der Waals surface area contributed by atoms with Crippen molar-refractivity contribution >= 4 is 29.6 Å². The molecule has 1 heterocycles. The molecule has 2 unspecified atom stereocenters. The number of likely N-dealkylation sites (tertiary alicyclic amines) is 1. The van der Waals surface area contributed by atoms with Gasteiger partial charge >= 0.3 is 12.1 Å². The number of carbonyl (C=O) groups is 3. The number of aliphatic carboxylic acids is 1. The monoisotopic (exact) mass is 567 g/mol. The van der Waals surface area contributed by atoms with Crippen molar-refractivity contribution in [3.05, 3.63) is 83.4 Å². The molecule has 2 aromatic carbocycles. The first kappa shape index (κ1) is 29.4. The number of carbonyl (C=O) groups excluding carboxylic acids is 2. The number of rotatable bonds is 10. The second-order valence-electron chi connectivity index (χ2n) is 10.5. The second-order valence-corrected chi connectivity index (χ2v) is 11.4. The van der Waals surface area contributed by atoms with E-state index in [2.05, 4.69) is 0 Å². The van der Waals surface area contributed by atoms with Gasteiger partial charge in [-0.3, -0.25) is 4.79 Å². The van der Waals surface area contributed by atoms with Crippen molar-refractivity contribution in [2.75, 3.05) is 19.3 Å². The maximum absolute atomic E-state index is 14.8. The van der Waals surface area contributed by atoms with Gasteiger partial charge in [0.2, 0.25) is 0 Å². The van der Waals surface area contributed by atoms with Gasteiger partial charge in [0.25, 0.3) is 0 Å². The summed E-state index contributed by atoms with van der Waals surface area (Å²) in [6.07, 6.45) is 9.83. The molecule has 0 radical (unpaired) electrons. The van der Waals surface area contributed by atoms with Crippen LogP contribution >= 0.6 is 11.8 Å². The third kappa shape index (κ3) is 7.13. The van der Waals surface area contributed by atoms with Gasteiger partial charge < -0.3 is 19.5 Å². The molecule has 0 aromatic heterocycles. The first-order valence-corrected chi connectivity index (χ1v) is 14.5. The zero-order valence-electron chi connectivity index (χ0n) is 22.9. The van der Waals surface area contributed by atoms with Crippen molar-refractivity contribution in [1.82, 2.24) is 4.90 Å². The van der Waals surface area contributed by atoms with Crippen LogP contribution in [0.25, 0.3) is 0 Å². The molecule has 2 aliphatic rings. The molecule has 1 saturated heterocycles. The van der Waals surface area contributed by atoms with Gasteiger partial charge in [-0.1, -0.05) is 24.3 Å². The Morgan fingerprint density at radius 1 is 1.10 bits per heavy atom. The predicted octanol–water partition coefficient (Wildman–Crippen LogP) is 6.52. The van der Waals surface area contributed by atoms with Crippen molar-refractivity contribution in [3.8, 4) is 5.75 Å². The van der Waals surface area contributed by atoms with Gasteiger partial charge in [0.15, 0.2) is 23.0 Å². The predicted molar refractivity (Wildman–Crippen MR) is 151 cm³/mol. The lowest BCUT2D eigenvalue weighted by Crippen LogP contribution is -2.38. The van der Waals surface area contributed by atoms with E-state index in [4.69, 9.17) is 9.47 Å². The lowest BCUT2D eigenvalue weighted by atomic mass is 9.85. The van der Waals surface area contributed by atoms with Gasteiger partial charge in [-0.25, -0.2) is 14.0 Å². The van der Waals surface area contributed by atoms with E-state index in [0.717, 1.165) is 17.7 Å². The number of benzene rings is 2. The van der Waals surface area contributed by atoms with Crippen molar-refractivity contribution in [2.24, 2.45) is 11.8 Å². The number of ether oxygens (including phenoxy) is 2. The molecule has 0 spiro atoms. The minimum absolute atomic E-state index is 0.0319. The number of thioether (sulfide) groups is 1. The number of carboxylic acid groups (broad SMARTS) is 1. The quantitative estimate of drug-likeness (QED) is 0.258. The number of hydrogen-bond donors (Lipinski definition) is 1. The summed E-state index contributed by atoms with van der Waals surface area (Å²) in [6, 6.07) is 11.9. The van der Waals surface area contributed by atoms with Crippen molar-refractivity contribution in [3.63, 3.8) is 0 Å². The lowest BCUT2D eigenvalue weighted by Gasteiger charge is -2.22. The zero-order valence-corrected chi connectivity index (χ0v) is 23.7. The summed E-state index contributed by atoms with van der Waals surface area (Å²) < 4.78 is 25.7. The number of halogens is 1. The normalized spacial score (nSPS) is 18.8. The summed E-state index contributed by atoms with van der Waals surface area (Å²) in [4.78, 5) is 40.5. The van der Waals surface area contributed by atoms with Crippen molar-refractivity contribution in [2.45, 2.75) is 50.0 Å². The summed E-state index contributed by atoms with van der Waals surface area (Å²) in [7, 11) is 0. The molecule has 4 rings (SSSR count). The molecular formula is C31H34FNO6S. The SMILES string of the molecule is CSc1ccc(C(=O)C2CN(C(=O)OC3=CCCC=C3)CC2CCc2ccc(OC(C)(C)C(=O)O)c(F)c2)cc1. The van der Waals surface area contributed by atoms with E-state index in [1.54, 1.807) is 28.8 Å². The van der Waals surface area contributed by atoms with Crippen molar-refractivity contribution in [1.29, 1.82) is 0 Å². The minimum Gasteiger partial charge on any atom is -0.478 e. The van der Waals surface area contributed by atoms with Crippen LogP contribution < -0.4 is 4.74 Å². The number of allylic oxidation sites excluding steroid dienone is 3. The fourth-order valence-corrected chi connectivity index (χ4v) is 5.27. The highest BCUT2D eigenvalue weighted by Crippen LogP contribution is 2.33. The third-order valence-electron chi connectivity index (χ3n) is 7.26. The van der Waals surface area contributed by atoms with Crippen LogP contribution in [0.15, 0.2) is 71.3 Å². The Kier molecular flexibility index (Phi) is 9.35. The summed E-state index contributed by atoms with van der Waals surface area (Å²) in [5.74, 6) is -2.09. The number of hydrogen-bond acceptors (Lipinski definition) is 6. The molecule has 1 amide bonds. The summed E-state index contributed by atoms with van der Waals surface area (Å²) >= 11 is 1.59. The molecule has 212 valence electrons. The van der Waals surface area contributed by atoms with E-state index in [9.17, 15) is 23.9 Å². The Morgan fingerprint density at radius 2 is 1.85 bits per heavy atom. The highest BCUT2D eigenvalue weighted by Gasteiger charge is 2.40. The largest absolute Gasteiger partial charge is 0.478 e. The van der Waals surface area contributed by atoms with E-state index in [1.807, 2.05) is 42.7 Å². The molecule has 1 aliphatic heterocycles. The maximum Gasteiger partial charge on any atom is 0.415 e. The number of amides is 1. The van der Waals surface area contributed by atoms with Gasteiger partial charge in [0.1, 0.15) is 5.76 Å². The molecule has 2 atom stereocenters. The molecule has 1 aliphatic carbocycles. The van der Waals surface area contributed by atoms with Crippen LogP contribution in [-0.4, -0.2) is 52.8 Å². The summed E-state index contributed by atoms with van der Waals surface area (Å²) in [5.41, 5.74) is -0.295. The molecular weight excluding hydrogens is 533 g/mol. The molecule has 1 N–H and O–H groups in total. The first-order valence-electron chi connectivity index (χ1n) is 13.3. The van der Waals surface area contributed by atoms with Crippen LogP contribution in [0.2, 0.25) is 0 Å². The molecule has 9 heteroatoms. The Morgan fingerprint density at radius 3 is 2.48 bits per heavy atom. The molecule has 0 saturated carbocycles. The molecule has 0 bridgehead atoms. The van der Waals surface area contributed by atoms with E-state index < -0.39 is 29.4 Å². The number of carboxylic acids is 1. The highest BCUT2D eigenvalue weighted by molar-refractivity contribution is 7.98. The smallest absolute Gasteiger partial charge is 0.415 e. The summed E-state index contributed by atoms with van der Waals surface area (Å²) in [6.45, 7) is 3.31. The van der Waals surface area contributed by atoms with Crippen LogP contribution in [0.1, 0.15) is 49.0 Å². The molecule has 7 nitrogen and oxygen atoms in total. The number of aryl methyl sites for hydroxylation is 1. The highest BCUT2D eigenvalue weighted by atomic mass is 32.2. The minimum atomic E-state index is -1.57. The fraction of sp³-hybridized carbons (Fsp3) is 0.387. The first-order chi connectivity index (χ1) is 19.1. The van der Waals surface area contributed by atoms with E-state index in [0.29, 0.717) is 36.3 Å². The Hall–Kier alpha value is -3.59.